The fraction of sp³-hybridized carbons (Fsp3) is 0.391. The Morgan fingerprint density at radius 2 is 1.54 bits per heavy atom. The molecule has 0 aliphatic rings. The molecule has 0 unspecified atom stereocenters. The summed E-state index contributed by atoms with van der Waals surface area (Å²) >= 11 is 0. The third-order valence-corrected chi connectivity index (χ3v) is 4.28. The number of carbonyl (C=O) groups is 2. The molecule has 5 heteroatoms. The zero-order chi connectivity index (χ0) is 20.6. The van der Waals surface area contributed by atoms with Gasteiger partial charge in [-0.1, -0.05) is 52.3 Å². The smallest absolute Gasteiger partial charge is 0.262 e. The summed E-state index contributed by atoms with van der Waals surface area (Å²) in [6.45, 7) is 8.41. The Morgan fingerprint density at radius 3 is 2.11 bits per heavy atom. The van der Waals surface area contributed by atoms with Crippen molar-refractivity contribution in [1.82, 2.24) is 0 Å². The van der Waals surface area contributed by atoms with Crippen LogP contribution in [0.5, 0.6) is 5.75 Å². The quantitative estimate of drug-likeness (QED) is 0.665. The number of hydrogen-bond acceptors (Lipinski definition) is 3. The minimum absolute atomic E-state index is 0.0210. The van der Waals surface area contributed by atoms with Gasteiger partial charge >= 0.3 is 0 Å². The van der Waals surface area contributed by atoms with Crippen molar-refractivity contribution in [2.45, 2.75) is 52.4 Å². The predicted octanol–water partition coefficient (Wildman–Crippen LogP) is 5.13. The van der Waals surface area contributed by atoms with Gasteiger partial charge in [0.05, 0.1) is 0 Å². The summed E-state index contributed by atoms with van der Waals surface area (Å²) in [7, 11) is 0. The first-order chi connectivity index (χ1) is 13.3. The number of nitrogens with one attached hydrogen (secondary N) is 2. The Bertz CT molecular complexity index is 792. The third-order valence-electron chi connectivity index (χ3n) is 4.28. The van der Waals surface area contributed by atoms with Crippen LogP contribution in [0, 0.1) is 0 Å². The van der Waals surface area contributed by atoms with Gasteiger partial charge in [-0.2, -0.15) is 0 Å². The summed E-state index contributed by atoms with van der Waals surface area (Å²) in [5.74, 6) is 0.377. The van der Waals surface area contributed by atoms with E-state index in [0.29, 0.717) is 23.5 Å². The molecule has 28 heavy (non-hydrogen) atoms. The monoisotopic (exact) mass is 382 g/mol. The second kappa shape index (κ2) is 9.93. The van der Waals surface area contributed by atoms with Gasteiger partial charge in [-0.3, -0.25) is 9.59 Å². The van der Waals surface area contributed by atoms with Gasteiger partial charge in [-0.05, 0) is 47.7 Å². The molecule has 0 aromatic heterocycles. The van der Waals surface area contributed by atoms with Crippen molar-refractivity contribution in [2.24, 2.45) is 0 Å². The summed E-state index contributed by atoms with van der Waals surface area (Å²) in [4.78, 5) is 24.0. The lowest BCUT2D eigenvalue weighted by molar-refractivity contribution is -0.118. The summed E-state index contributed by atoms with van der Waals surface area (Å²) in [5, 5.41) is 5.63. The van der Waals surface area contributed by atoms with Gasteiger partial charge in [-0.15, -0.1) is 0 Å². The molecule has 0 aliphatic carbocycles. The van der Waals surface area contributed by atoms with Gasteiger partial charge in [-0.25, -0.2) is 0 Å². The zero-order valence-corrected chi connectivity index (χ0v) is 17.2. The fourth-order valence-electron chi connectivity index (χ4n) is 2.63. The molecule has 5 nitrogen and oxygen atoms in total. The van der Waals surface area contributed by atoms with Crippen molar-refractivity contribution >= 4 is 23.2 Å². The van der Waals surface area contributed by atoms with Crippen LogP contribution in [0.3, 0.4) is 0 Å². The Labute approximate surface area is 167 Å². The van der Waals surface area contributed by atoms with Gasteiger partial charge in [0.25, 0.3) is 5.91 Å². The Balaban J connectivity index is 1.86. The van der Waals surface area contributed by atoms with Crippen molar-refractivity contribution in [2.75, 3.05) is 17.2 Å². The molecule has 0 spiro atoms. The lowest BCUT2D eigenvalue weighted by Gasteiger charge is -2.19. The third kappa shape index (κ3) is 7.06. The summed E-state index contributed by atoms with van der Waals surface area (Å²) in [5.41, 5.74) is 2.57. The molecule has 2 aromatic rings. The lowest BCUT2D eigenvalue weighted by atomic mass is 9.87. The molecule has 0 saturated carbocycles. The second-order valence-corrected chi connectivity index (χ2v) is 7.84. The van der Waals surface area contributed by atoms with Crippen LogP contribution in [0.1, 0.15) is 52.5 Å². The molecular formula is C23H30N2O3. The molecule has 0 atom stereocenters. The van der Waals surface area contributed by atoms with E-state index in [1.165, 1.54) is 5.56 Å². The van der Waals surface area contributed by atoms with Gasteiger partial charge in [0.2, 0.25) is 5.91 Å². The number of hydrogen-bond donors (Lipinski definition) is 2. The lowest BCUT2D eigenvalue weighted by Crippen LogP contribution is -2.20. The van der Waals surface area contributed by atoms with E-state index < -0.39 is 0 Å². The van der Waals surface area contributed by atoms with Crippen LogP contribution in [0.4, 0.5) is 11.4 Å². The van der Waals surface area contributed by atoms with E-state index in [9.17, 15) is 9.59 Å². The van der Waals surface area contributed by atoms with Crippen molar-refractivity contribution in [3.8, 4) is 5.75 Å². The molecule has 2 rings (SSSR count). The van der Waals surface area contributed by atoms with E-state index in [4.69, 9.17) is 4.74 Å². The summed E-state index contributed by atoms with van der Waals surface area (Å²) < 4.78 is 5.56. The molecule has 0 bridgehead atoms. The van der Waals surface area contributed by atoms with Gasteiger partial charge in [0, 0.05) is 17.8 Å². The number of anilines is 2. The summed E-state index contributed by atoms with van der Waals surface area (Å²) in [6.07, 6.45) is 2.33. The highest BCUT2D eigenvalue weighted by Gasteiger charge is 2.13. The normalized spacial score (nSPS) is 11.0. The molecule has 0 heterocycles. The average molecular weight is 383 g/mol. The van der Waals surface area contributed by atoms with Crippen LogP contribution in [-0.4, -0.2) is 18.4 Å². The Hall–Kier alpha value is -2.82. The van der Waals surface area contributed by atoms with Crippen molar-refractivity contribution in [1.29, 1.82) is 0 Å². The molecule has 0 radical (unpaired) electrons. The highest BCUT2D eigenvalue weighted by molar-refractivity contribution is 5.94. The molecule has 2 N–H and O–H groups in total. The predicted molar refractivity (Wildman–Crippen MR) is 114 cm³/mol. The van der Waals surface area contributed by atoms with Crippen LogP contribution >= 0.6 is 0 Å². The van der Waals surface area contributed by atoms with E-state index in [1.54, 1.807) is 24.3 Å². The van der Waals surface area contributed by atoms with E-state index in [2.05, 4.69) is 31.4 Å². The zero-order valence-electron chi connectivity index (χ0n) is 17.2. The first-order valence-electron chi connectivity index (χ1n) is 9.71. The highest BCUT2D eigenvalue weighted by atomic mass is 16.5. The van der Waals surface area contributed by atoms with Gasteiger partial charge < -0.3 is 15.4 Å². The van der Waals surface area contributed by atoms with Crippen LogP contribution < -0.4 is 15.4 Å². The number of carbonyl (C=O) groups excluding carboxylic acids is 2. The minimum atomic E-state index is -0.255. The molecule has 2 aromatic carbocycles. The highest BCUT2D eigenvalue weighted by Crippen LogP contribution is 2.24. The number of amides is 2. The van der Waals surface area contributed by atoms with E-state index in [1.807, 2.05) is 31.2 Å². The second-order valence-electron chi connectivity index (χ2n) is 7.84. The van der Waals surface area contributed by atoms with Crippen LogP contribution in [-0.2, 0) is 15.0 Å². The average Bonchev–Trinajstić information content (AvgIpc) is 2.64. The Morgan fingerprint density at radius 1 is 0.929 bits per heavy atom. The largest absolute Gasteiger partial charge is 0.484 e. The standard InChI is InChI=1S/C23H30N2O3/c1-5-6-10-21(26)24-18-8-7-9-19(15-18)25-22(27)16-28-20-13-11-17(12-14-20)23(2,3)4/h7-9,11-15H,5-6,10,16H2,1-4H3,(H,24,26)(H,25,27). The van der Waals surface area contributed by atoms with Crippen LogP contribution in [0.25, 0.3) is 0 Å². The van der Waals surface area contributed by atoms with Crippen molar-refractivity contribution < 1.29 is 14.3 Å². The van der Waals surface area contributed by atoms with Crippen LogP contribution in [0.2, 0.25) is 0 Å². The number of benzene rings is 2. The maximum absolute atomic E-state index is 12.2. The van der Waals surface area contributed by atoms with Crippen molar-refractivity contribution in [3.05, 3.63) is 54.1 Å². The molecule has 0 saturated heterocycles. The number of ether oxygens (including phenoxy) is 1. The SMILES string of the molecule is CCCCC(=O)Nc1cccc(NC(=O)COc2ccc(C(C)(C)C)cc2)c1. The van der Waals surface area contributed by atoms with Crippen LogP contribution in [0.15, 0.2) is 48.5 Å². The molecule has 150 valence electrons. The first kappa shape index (κ1) is 21.5. The molecule has 0 fully saturated rings. The fourth-order valence-corrected chi connectivity index (χ4v) is 2.63. The maximum Gasteiger partial charge on any atom is 0.262 e. The van der Waals surface area contributed by atoms with Crippen molar-refractivity contribution in [3.63, 3.8) is 0 Å². The van der Waals surface area contributed by atoms with E-state index in [-0.39, 0.29) is 23.8 Å². The van der Waals surface area contributed by atoms with E-state index in [0.717, 1.165) is 12.8 Å². The Kier molecular flexibility index (Phi) is 7.61. The maximum atomic E-state index is 12.2. The minimum Gasteiger partial charge on any atom is -0.484 e. The van der Waals surface area contributed by atoms with Gasteiger partial charge in [0.15, 0.2) is 6.61 Å². The van der Waals surface area contributed by atoms with Gasteiger partial charge in [0.1, 0.15) is 5.75 Å². The number of rotatable bonds is 8. The topological polar surface area (TPSA) is 67.4 Å². The first-order valence-corrected chi connectivity index (χ1v) is 9.71. The summed E-state index contributed by atoms with van der Waals surface area (Å²) in [6, 6.07) is 14.9. The molecule has 2 amide bonds. The number of unbranched alkanes of at least 4 members (excludes halogenated alkanes) is 1. The van der Waals surface area contributed by atoms with E-state index >= 15 is 0 Å². The molecular weight excluding hydrogens is 352 g/mol. The molecule has 0 aliphatic heterocycles.